The van der Waals surface area contributed by atoms with E-state index in [0.29, 0.717) is 11.7 Å². The van der Waals surface area contributed by atoms with Crippen LogP contribution >= 0.6 is 0 Å². The zero-order valence-corrected chi connectivity index (χ0v) is 11.2. The van der Waals surface area contributed by atoms with E-state index in [1.54, 1.807) is 6.92 Å². The largest absolute Gasteiger partial charge is 0.300 e. The van der Waals surface area contributed by atoms with Crippen molar-refractivity contribution in [1.29, 1.82) is 0 Å². The number of carbonyl (C=O) groups excluding carboxylic acids is 1. The fourth-order valence-electron chi connectivity index (χ4n) is 1.53. The van der Waals surface area contributed by atoms with Crippen LogP contribution in [0.25, 0.3) is 0 Å². The Morgan fingerprint density at radius 1 is 1.06 bits per heavy atom. The first-order valence-corrected chi connectivity index (χ1v) is 6.05. The van der Waals surface area contributed by atoms with Crippen LogP contribution in [0.15, 0.2) is 24.3 Å². The molecule has 0 saturated carbocycles. The number of hydrogen-bond donors (Lipinski definition) is 0. The standard InChI is InChI=1S/C8H10.C7H14O/c1-7-5-3-4-6-8(7)2;1-4-7(5-2)6(3)8/h3-6H,1-2H3;7H,4-5H2,1-3H3. The summed E-state index contributed by atoms with van der Waals surface area (Å²) in [6, 6.07) is 8.36. The average Bonchev–Trinajstić information content (AvgIpc) is 2.25. The van der Waals surface area contributed by atoms with Crippen molar-refractivity contribution >= 4 is 5.78 Å². The topological polar surface area (TPSA) is 17.1 Å². The Morgan fingerprint density at radius 2 is 1.44 bits per heavy atom. The highest BCUT2D eigenvalue weighted by Crippen LogP contribution is 2.07. The molecule has 0 aliphatic carbocycles. The fraction of sp³-hybridized carbons (Fsp3) is 0.533. The quantitative estimate of drug-likeness (QED) is 0.741. The number of ketones is 1. The van der Waals surface area contributed by atoms with E-state index < -0.39 is 0 Å². The van der Waals surface area contributed by atoms with Crippen LogP contribution < -0.4 is 0 Å². The maximum absolute atomic E-state index is 10.6. The summed E-state index contributed by atoms with van der Waals surface area (Å²) >= 11 is 0. The Bertz CT molecular complexity index is 290. The highest BCUT2D eigenvalue weighted by Gasteiger charge is 2.06. The number of hydrogen-bond acceptors (Lipinski definition) is 1. The predicted molar refractivity (Wildman–Crippen MR) is 70.7 cm³/mol. The van der Waals surface area contributed by atoms with E-state index in [0.717, 1.165) is 12.8 Å². The molecule has 0 atom stereocenters. The Labute approximate surface area is 99.9 Å². The van der Waals surface area contributed by atoms with Crippen molar-refractivity contribution in [3.8, 4) is 0 Å². The molecule has 1 rings (SSSR count). The summed E-state index contributed by atoms with van der Waals surface area (Å²) in [5.74, 6) is 0.644. The van der Waals surface area contributed by atoms with Crippen molar-refractivity contribution in [2.45, 2.75) is 47.5 Å². The van der Waals surface area contributed by atoms with Gasteiger partial charge in [-0.15, -0.1) is 0 Å². The zero-order valence-electron chi connectivity index (χ0n) is 11.2. The first-order valence-electron chi connectivity index (χ1n) is 6.05. The minimum Gasteiger partial charge on any atom is -0.300 e. The highest BCUT2D eigenvalue weighted by molar-refractivity contribution is 5.78. The minimum atomic E-state index is 0.315. The van der Waals surface area contributed by atoms with Gasteiger partial charge in [-0.1, -0.05) is 38.1 Å². The predicted octanol–water partition coefficient (Wildman–Crippen LogP) is 4.32. The molecule has 90 valence electrons. The van der Waals surface area contributed by atoms with Crippen molar-refractivity contribution in [3.05, 3.63) is 35.4 Å². The van der Waals surface area contributed by atoms with Gasteiger partial charge in [0.2, 0.25) is 0 Å². The van der Waals surface area contributed by atoms with Crippen LogP contribution in [-0.2, 0) is 4.79 Å². The summed E-state index contributed by atoms with van der Waals surface area (Å²) in [7, 11) is 0. The van der Waals surface area contributed by atoms with Gasteiger partial charge >= 0.3 is 0 Å². The lowest BCUT2D eigenvalue weighted by atomic mass is 10.00. The van der Waals surface area contributed by atoms with Crippen molar-refractivity contribution in [2.24, 2.45) is 5.92 Å². The summed E-state index contributed by atoms with van der Waals surface area (Å²) in [5, 5.41) is 0. The smallest absolute Gasteiger partial charge is 0.132 e. The van der Waals surface area contributed by atoms with Gasteiger partial charge in [0, 0.05) is 5.92 Å². The Balaban J connectivity index is 0.000000281. The van der Waals surface area contributed by atoms with Crippen LogP contribution in [0.5, 0.6) is 0 Å². The van der Waals surface area contributed by atoms with Crippen LogP contribution in [-0.4, -0.2) is 5.78 Å². The average molecular weight is 220 g/mol. The van der Waals surface area contributed by atoms with Gasteiger partial charge in [-0.2, -0.15) is 0 Å². The number of Topliss-reactive ketones (excluding diaryl/α,β-unsaturated/α-hetero) is 1. The molecule has 0 aromatic heterocycles. The summed E-state index contributed by atoms with van der Waals surface area (Å²) in [6.45, 7) is 10.0. The number of carbonyl (C=O) groups is 1. The molecule has 0 amide bonds. The van der Waals surface area contributed by atoms with E-state index in [1.807, 2.05) is 0 Å². The molecule has 1 nitrogen and oxygen atoms in total. The molecule has 1 aromatic rings. The van der Waals surface area contributed by atoms with Crippen LogP contribution in [0.4, 0.5) is 0 Å². The molecule has 0 radical (unpaired) electrons. The van der Waals surface area contributed by atoms with E-state index in [2.05, 4.69) is 52.0 Å². The van der Waals surface area contributed by atoms with Gasteiger partial charge in [0.05, 0.1) is 0 Å². The van der Waals surface area contributed by atoms with Gasteiger partial charge in [-0.25, -0.2) is 0 Å². The van der Waals surface area contributed by atoms with Gasteiger partial charge < -0.3 is 0 Å². The third kappa shape index (κ3) is 5.69. The van der Waals surface area contributed by atoms with Gasteiger partial charge in [0.1, 0.15) is 5.78 Å². The molecule has 0 saturated heterocycles. The second kappa shape index (κ2) is 8.09. The Morgan fingerprint density at radius 3 is 1.56 bits per heavy atom. The normalized spacial score (nSPS) is 9.62. The van der Waals surface area contributed by atoms with Crippen LogP contribution in [0.2, 0.25) is 0 Å². The molecule has 0 N–H and O–H groups in total. The maximum Gasteiger partial charge on any atom is 0.132 e. The second-order valence-electron chi connectivity index (χ2n) is 4.21. The fourth-order valence-corrected chi connectivity index (χ4v) is 1.53. The minimum absolute atomic E-state index is 0.315. The highest BCUT2D eigenvalue weighted by atomic mass is 16.1. The summed E-state index contributed by atoms with van der Waals surface area (Å²) < 4.78 is 0. The molecule has 0 aliphatic heterocycles. The van der Waals surface area contributed by atoms with E-state index in [4.69, 9.17) is 0 Å². The molecule has 0 unspecified atom stereocenters. The molecule has 1 aromatic carbocycles. The van der Waals surface area contributed by atoms with Crippen LogP contribution in [0.3, 0.4) is 0 Å². The monoisotopic (exact) mass is 220 g/mol. The molecular weight excluding hydrogens is 196 g/mol. The van der Waals surface area contributed by atoms with Crippen LogP contribution in [0.1, 0.15) is 44.7 Å². The molecular formula is C15H24O. The molecule has 1 heteroatoms. The van der Waals surface area contributed by atoms with Crippen molar-refractivity contribution in [2.75, 3.05) is 0 Å². The molecule has 0 spiro atoms. The van der Waals surface area contributed by atoms with Gasteiger partial charge in [0.15, 0.2) is 0 Å². The summed E-state index contributed by atoms with van der Waals surface area (Å²) in [4.78, 5) is 10.6. The molecule has 0 bridgehead atoms. The Kier molecular flexibility index (Phi) is 7.53. The first-order chi connectivity index (χ1) is 7.52. The van der Waals surface area contributed by atoms with E-state index in [9.17, 15) is 4.79 Å². The SMILES string of the molecule is CCC(CC)C(C)=O.Cc1ccccc1C. The number of benzene rings is 1. The maximum atomic E-state index is 10.6. The molecule has 0 aliphatic rings. The molecule has 0 heterocycles. The lowest BCUT2D eigenvalue weighted by molar-refractivity contribution is -0.120. The summed E-state index contributed by atoms with van der Waals surface area (Å²) in [6.07, 6.45) is 1.98. The number of rotatable bonds is 3. The van der Waals surface area contributed by atoms with Gasteiger partial charge in [-0.05, 0) is 44.7 Å². The molecule has 0 fully saturated rings. The van der Waals surface area contributed by atoms with E-state index >= 15 is 0 Å². The lowest BCUT2D eigenvalue weighted by Gasteiger charge is -2.04. The summed E-state index contributed by atoms with van der Waals surface area (Å²) in [5.41, 5.74) is 2.74. The number of aryl methyl sites for hydroxylation is 2. The first kappa shape index (κ1) is 14.9. The van der Waals surface area contributed by atoms with Crippen molar-refractivity contribution < 1.29 is 4.79 Å². The Hall–Kier alpha value is -1.11. The van der Waals surface area contributed by atoms with Gasteiger partial charge in [-0.3, -0.25) is 4.79 Å². The molecule has 16 heavy (non-hydrogen) atoms. The lowest BCUT2D eigenvalue weighted by Crippen LogP contribution is -2.07. The van der Waals surface area contributed by atoms with Crippen LogP contribution in [0, 0.1) is 19.8 Å². The van der Waals surface area contributed by atoms with Crippen molar-refractivity contribution in [1.82, 2.24) is 0 Å². The second-order valence-corrected chi connectivity index (χ2v) is 4.21. The third-order valence-electron chi connectivity index (χ3n) is 2.99. The van der Waals surface area contributed by atoms with Gasteiger partial charge in [0.25, 0.3) is 0 Å². The van der Waals surface area contributed by atoms with E-state index in [-0.39, 0.29) is 0 Å². The van der Waals surface area contributed by atoms with E-state index in [1.165, 1.54) is 11.1 Å². The zero-order chi connectivity index (χ0) is 12.6. The third-order valence-corrected chi connectivity index (χ3v) is 2.99. The van der Waals surface area contributed by atoms with Crippen molar-refractivity contribution in [3.63, 3.8) is 0 Å².